The molecule has 2 aromatic heterocycles. The van der Waals surface area contributed by atoms with Crippen molar-refractivity contribution in [2.24, 2.45) is 5.41 Å². The summed E-state index contributed by atoms with van der Waals surface area (Å²) in [6.45, 7) is 6.88. The van der Waals surface area contributed by atoms with Crippen LogP contribution in [0.4, 0.5) is 0 Å². The molecule has 1 amide bonds. The molecular formula is C19H25N3O3. The zero-order valence-corrected chi connectivity index (χ0v) is 15.0. The van der Waals surface area contributed by atoms with Crippen molar-refractivity contribution < 1.29 is 14.3 Å². The number of hydrogen-bond acceptors (Lipinski definition) is 4. The van der Waals surface area contributed by atoms with Crippen molar-refractivity contribution in [2.45, 2.75) is 52.5 Å². The SMILES string of the molecule is CC(C)(C)CCCOC(=O)c1cnc2cc(C(=O)NC3CC3)ccn12. The fourth-order valence-electron chi connectivity index (χ4n) is 2.61. The third-order valence-corrected chi connectivity index (χ3v) is 4.20. The predicted octanol–water partition coefficient (Wildman–Crippen LogP) is 3.21. The van der Waals surface area contributed by atoms with E-state index in [4.69, 9.17) is 4.74 Å². The number of aromatic nitrogens is 2. The van der Waals surface area contributed by atoms with Gasteiger partial charge in [-0.25, -0.2) is 9.78 Å². The monoisotopic (exact) mass is 343 g/mol. The van der Waals surface area contributed by atoms with Crippen molar-refractivity contribution in [3.05, 3.63) is 35.8 Å². The molecule has 1 aliphatic carbocycles. The molecule has 0 bridgehead atoms. The first-order valence-corrected chi connectivity index (χ1v) is 8.79. The number of esters is 1. The number of fused-ring (bicyclic) bond motifs is 1. The smallest absolute Gasteiger partial charge is 0.356 e. The largest absolute Gasteiger partial charge is 0.461 e. The fourth-order valence-corrected chi connectivity index (χ4v) is 2.61. The van der Waals surface area contributed by atoms with Crippen LogP contribution in [0.2, 0.25) is 0 Å². The molecule has 1 N–H and O–H groups in total. The summed E-state index contributed by atoms with van der Waals surface area (Å²) in [6, 6.07) is 3.69. The molecule has 0 radical (unpaired) electrons. The van der Waals surface area contributed by atoms with Crippen LogP contribution >= 0.6 is 0 Å². The quantitative estimate of drug-likeness (QED) is 0.646. The van der Waals surface area contributed by atoms with Crippen LogP contribution in [0.1, 0.15) is 67.3 Å². The average molecular weight is 343 g/mol. The van der Waals surface area contributed by atoms with Crippen LogP contribution in [0.3, 0.4) is 0 Å². The van der Waals surface area contributed by atoms with Gasteiger partial charge in [0.05, 0.1) is 12.8 Å². The summed E-state index contributed by atoms with van der Waals surface area (Å²) < 4.78 is 7.00. The van der Waals surface area contributed by atoms with Gasteiger partial charge in [-0.15, -0.1) is 0 Å². The van der Waals surface area contributed by atoms with E-state index in [9.17, 15) is 9.59 Å². The van der Waals surface area contributed by atoms with E-state index in [1.54, 1.807) is 22.7 Å². The molecule has 0 aliphatic heterocycles. The number of nitrogens with one attached hydrogen (secondary N) is 1. The molecule has 25 heavy (non-hydrogen) atoms. The number of carbonyl (C=O) groups is 2. The van der Waals surface area contributed by atoms with Crippen LogP contribution in [-0.2, 0) is 4.74 Å². The molecule has 1 fully saturated rings. The van der Waals surface area contributed by atoms with Crippen LogP contribution in [0.5, 0.6) is 0 Å². The highest BCUT2D eigenvalue weighted by Crippen LogP contribution is 2.21. The number of amides is 1. The molecule has 0 spiro atoms. The molecule has 134 valence electrons. The van der Waals surface area contributed by atoms with E-state index >= 15 is 0 Å². The van der Waals surface area contributed by atoms with E-state index < -0.39 is 5.97 Å². The lowest BCUT2D eigenvalue weighted by Crippen LogP contribution is -2.25. The van der Waals surface area contributed by atoms with E-state index in [0.29, 0.717) is 29.6 Å². The Kier molecular flexibility index (Phi) is 4.79. The maximum Gasteiger partial charge on any atom is 0.356 e. The van der Waals surface area contributed by atoms with Crippen molar-refractivity contribution in [3.63, 3.8) is 0 Å². The third kappa shape index (κ3) is 4.59. The maximum atomic E-state index is 12.3. The second-order valence-corrected chi connectivity index (χ2v) is 7.83. The van der Waals surface area contributed by atoms with Gasteiger partial charge in [0, 0.05) is 17.8 Å². The first-order valence-electron chi connectivity index (χ1n) is 8.79. The third-order valence-electron chi connectivity index (χ3n) is 4.20. The molecule has 0 unspecified atom stereocenters. The summed E-state index contributed by atoms with van der Waals surface area (Å²) in [5.74, 6) is -0.490. The molecule has 6 heteroatoms. The number of carbonyl (C=O) groups excluding carboxylic acids is 2. The molecule has 1 aliphatic rings. The Morgan fingerprint density at radius 2 is 2.12 bits per heavy atom. The number of ether oxygens (including phenoxy) is 1. The minimum Gasteiger partial charge on any atom is -0.461 e. The van der Waals surface area contributed by atoms with Crippen LogP contribution in [0.25, 0.3) is 5.65 Å². The maximum absolute atomic E-state index is 12.3. The highest BCUT2D eigenvalue weighted by atomic mass is 16.5. The van der Waals surface area contributed by atoms with E-state index in [-0.39, 0.29) is 11.3 Å². The predicted molar refractivity (Wildman–Crippen MR) is 94.7 cm³/mol. The van der Waals surface area contributed by atoms with Gasteiger partial charge in [-0.3, -0.25) is 9.20 Å². The summed E-state index contributed by atoms with van der Waals surface area (Å²) in [5, 5.41) is 2.94. The van der Waals surface area contributed by atoms with E-state index in [0.717, 1.165) is 25.7 Å². The number of rotatable bonds is 6. The number of pyridine rings is 1. The van der Waals surface area contributed by atoms with Crippen LogP contribution in [0.15, 0.2) is 24.5 Å². The molecule has 0 saturated heterocycles. The fraction of sp³-hybridized carbons (Fsp3) is 0.526. The lowest BCUT2D eigenvalue weighted by atomic mass is 9.91. The van der Waals surface area contributed by atoms with Gasteiger partial charge in [0.2, 0.25) is 0 Å². The average Bonchev–Trinajstić information content (AvgIpc) is 3.25. The Balaban J connectivity index is 1.63. The zero-order valence-electron chi connectivity index (χ0n) is 15.0. The lowest BCUT2D eigenvalue weighted by molar-refractivity contribution is 0.0479. The topological polar surface area (TPSA) is 72.7 Å². The Bertz CT molecular complexity index is 785. The van der Waals surface area contributed by atoms with Gasteiger partial charge in [0.25, 0.3) is 5.91 Å². The van der Waals surface area contributed by atoms with Gasteiger partial charge in [-0.05, 0) is 43.2 Å². The van der Waals surface area contributed by atoms with Crippen LogP contribution < -0.4 is 5.32 Å². The van der Waals surface area contributed by atoms with Crippen LogP contribution in [0, 0.1) is 5.41 Å². The van der Waals surface area contributed by atoms with Gasteiger partial charge in [-0.1, -0.05) is 20.8 Å². The van der Waals surface area contributed by atoms with Crippen molar-refractivity contribution in [2.75, 3.05) is 6.61 Å². The van der Waals surface area contributed by atoms with Crippen molar-refractivity contribution in [1.82, 2.24) is 14.7 Å². The highest BCUT2D eigenvalue weighted by Gasteiger charge is 2.24. The van der Waals surface area contributed by atoms with E-state index in [1.165, 1.54) is 6.20 Å². The van der Waals surface area contributed by atoms with Gasteiger partial charge in [0.1, 0.15) is 5.65 Å². The number of nitrogens with zero attached hydrogens (tertiary/aromatic N) is 2. The van der Waals surface area contributed by atoms with Crippen molar-refractivity contribution >= 4 is 17.5 Å². The number of hydrogen-bond donors (Lipinski definition) is 1. The van der Waals surface area contributed by atoms with Gasteiger partial charge >= 0.3 is 5.97 Å². The van der Waals surface area contributed by atoms with Gasteiger partial charge < -0.3 is 10.1 Å². The minimum absolute atomic E-state index is 0.0979. The Morgan fingerprint density at radius 3 is 2.80 bits per heavy atom. The van der Waals surface area contributed by atoms with Crippen LogP contribution in [-0.4, -0.2) is 33.9 Å². The first-order chi connectivity index (χ1) is 11.8. The highest BCUT2D eigenvalue weighted by molar-refractivity contribution is 5.96. The molecule has 0 atom stereocenters. The molecule has 2 heterocycles. The van der Waals surface area contributed by atoms with E-state index in [2.05, 4.69) is 31.1 Å². The minimum atomic E-state index is -0.392. The summed E-state index contributed by atoms with van der Waals surface area (Å²) in [5.41, 5.74) is 1.72. The van der Waals surface area contributed by atoms with Crippen molar-refractivity contribution in [1.29, 1.82) is 0 Å². The molecule has 0 aromatic carbocycles. The summed E-state index contributed by atoms with van der Waals surface area (Å²) in [4.78, 5) is 28.6. The number of imidazole rings is 1. The second-order valence-electron chi connectivity index (χ2n) is 7.83. The Labute approximate surface area is 147 Å². The second kappa shape index (κ2) is 6.86. The normalized spacial score (nSPS) is 14.5. The molecule has 2 aromatic rings. The Hall–Kier alpha value is -2.37. The summed E-state index contributed by atoms with van der Waals surface area (Å²) in [6.07, 6.45) is 7.09. The summed E-state index contributed by atoms with van der Waals surface area (Å²) >= 11 is 0. The summed E-state index contributed by atoms with van der Waals surface area (Å²) in [7, 11) is 0. The first kappa shape index (κ1) is 17.5. The van der Waals surface area contributed by atoms with E-state index in [1.807, 2.05) is 0 Å². The molecule has 3 rings (SSSR count). The molecule has 6 nitrogen and oxygen atoms in total. The van der Waals surface area contributed by atoms with Crippen molar-refractivity contribution in [3.8, 4) is 0 Å². The van der Waals surface area contributed by atoms with Gasteiger partial charge in [0.15, 0.2) is 5.69 Å². The van der Waals surface area contributed by atoms with Gasteiger partial charge in [-0.2, -0.15) is 0 Å². The zero-order chi connectivity index (χ0) is 18.0. The molecule has 1 saturated carbocycles. The standard InChI is InChI=1S/C19H25N3O3/c1-19(2,3)8-4-10-25-18(24)15-12-20-16-11-13(7-9-22(15)16)17(23)21-14-5-6-14/h7,9,11-12,14H,4-6,8,10H2,1-3H3,(H,21,23). The Morgan fingerprint density at radius 1 is 1.36 bits per heavy atom. The lowest BCUT2D eigenvalue weighted by Gasteiger charge is -2.17. The molecular weight excluding hydrogens is 318 g/mol.